The highest BCUT2D eigenvalue weighted by atomic mass is 16.5. The molecule has 0 radical (unpaired) electrons. The number of carbonyl (C=O) groups excluding carboxylic acids is 3. The summed E-state index contributed by atoms with van der Waals surface area (Å²) in [6.07, 6.45) is 0.0440. The van der Waals surface area contributed by atoms with E-state index in [1.54, 1.807) is 55.6 Å². The lowest BCUT2D eigenvalue weighted by atomic mass is 10.1. The number of benzene rings is 2. The molecule has 2 aromatic carbocycles. The molecule has 8 nitrogen and oxygen atoms in total. The van der Waals surface area contributed by atoms with Gasteiger partial charge in [0.2, 0.25) is 5.91 Å². The molecule has 0 aromatic heterocycles. The van der Waals surface area contributed by atoms with Gasteiger partial charge in [-0.1, -0.05) is 6.07 Å². The van der Waals surface area contributed by atoms with E-state index < -0.39 is 24.4 Å². The monoisotopic (exact) mass is 398 g/mol. The number of anilines is 2. The minimum absolute atomic E-state index is 0.0440. The topological polar surface area (TPSA) is 94.2 Å². The summed E-state index contributed by atoms with van der Waals surface area (Å²) in [6.45, 7) is -0.217. The predicted octanol–water partition coefficient (Wildman–Crippen LogP) is 2.24. The fraction of sp³-hybridized carbons (Fsp3) is 0.286. The van der Waals surface area contributed by atoms with Gasteiger partial charge in [0.05, 0.1) is 20.1 Å². The third-order valence-electron chi connectivity index (χ3n) is 4.54. The average molecular weight is 398 g/mol. The first-order chi connectivity index (χ1) is 14.0. The average Bonchev–Trinajstić information content (AvgIpc) is 3.14. The highest BCUT2D eigenvalue weighted by Gasteiger charge is 2.36. The third kappa shape index (κ3) is 5.04. The van der Waals surface area contributed by atoms with E-state index in [4.69, 9.17) is 14.2 Å². The highest BCUT2D eigenvalue weighted by molar-refractivity contribution is 6.00. The lowest BCUT2D eigenvalue weighted by Crippen LogP contribution is -2.28. The first kappa shape index (κ1) is 20.2. The van der Waals surface area contributed by atoms with Crippen LogP contribution < -0.4 is 19.7 Å². The molecule has 0 bridgehead atoms. The van der Waals surface area contributed by atoms with Crippen LogP contribution in [0.1, 0.15) is 6.42 Å². The minimum Gasteiger partial charge on any atom is -0.497 e. The largest absolute Gasteiger partial charge is 0.497 e. The molecule has 1 atom stereocenters. The van der Waals surface area contributed by atoms with Crippen molar-refractivity contribution in [1.29, 1.82) is 0 Å². The summed E-state index contributed by atoms with van der Waals surface area (Å²) < 4.78 is 15.3. The van der Waals surface area contributed by atoms with Crippen LogP contribution in [-0.4, -0.2) is 45.2 Å². The van der Waals surface area contributed by atoms with Crippen molar-refractivity contribution in [3.8, 4) is 11.5 Å². The van der Waals surface area contributed by atoms with Crippen LogP contribution in [-0.2, 0) is 19.1 Å². The highest BCUT2D eigenvalue weighted by Crippen LogP contribution is 2.27. The molecule has 1 fully saturated rings. The van der Waals surface area contributed by atoms with Gasteiger partial charge in [-0.15, -0.1) is 0 Å². The van der Waals surface area contributed by atoms with Crippen molar-refractivity contribution < 1.29 is 28.6 Å². The van der Waals surface area contributed by atoms with Gasteiger partial charge < -0.3 is 24.4 Å². The number of carbonyl (C=O) groups is 3. The van der Waals surface area contributed by atoms with Crippen LogP contribution in [0.5, 0.6) is 11.5 Å². The van der Waals surface area contributed by atoms with Crippen LogP contribution in [0.25, 0.3) is 0 Å². The summed E-state index contributed by atoms with van der Waals surface area (Å²) in [4.78, 5) is 38.1. The minimum atomic E-state index is -0.616. The first-order valence-electron chi connectivity index (χ1n) is 9.05. The van der Waals surface area contributed by atoms with Crippen molar-refractivity contribution in [3.63, 3.8) is 0 Å². The Morgan fingerprint density at radius 3 is 2.48 bits per heavy atom. The van der Waals surface area contributed by atoms with Crippen molar-refractivity contribution >= 4 is 29.2 Å². The van der Waals surface area contributed by atoms with E-state index in [1.165, 1.54) is 12.0 Å². The van der Waals surface area contributed by atoms with Crippen molar-refractivity contribution in [1.82, 2.24) is 0 Å². The maximum absolute atomic E-state index is 12.3. The Bertz CT molecular complexity index is 896. The van der Waals surface area contributed by atoms with Gasteiger partial charge in [0.25, 0.3) is 5.91 Å². The number of amides is 2. The van der Waals surface area contributed by atoms with E-state index in [0.717, 1.165) is 0 Å². The fourth-order valence-corrected chi connectivity index (χ4v) is 3.03. The number of nitrogens with zero attached hydrogens (tertiary/aromatic N) is 1. The molecule has 2 amide bonds. The van der Waals surface area contributed by atoms with Gasteiger partial charge in [0.15, 0.2) is 6.61 Å². The number of nitrogens with one attached hydrogen (secondary N) is 1. The van der Waals surface area contributed by atoms with Crippen molar-refractivity contribution in [3.05, 3.63) is 48.5 Å². The zero-order valence-electron chi connectivity index (χ0n) is 16.2. The number of rotatable bonds is 7. The van der Waals surface area contributed by atoms with Crippen LogP contribution in [0, 0.1) is 5.92 Å². The molecule has 0 saturated carbocycles. The molecule has 3 rings (SSSR count). The van der Waals surface area contributed by atoms with E-state index >= 15 is 0 Å². The van der Waals surface area contributed by atoms with Gasteiger partial charge >= 0.3 is 5.97 Å². The molecule has 1 saturated heterocycles. The summed E-state index contributed by atoms with van der Waals surface area (Å²) in [7, 11) is 3.09. The molecule has 2 aromatic rings. The summed E-state index contributed by atoms with van der Waals surface area (Å²) in [5, 5.41) is 2.63. The summed E-state index contributed by atoms with van der Waals surface area (Å²) in [5.74, 6) is -0.549. The molecule has 0 unspecified atom stereocenters. The lowest BCUT2D eigenvalue weighted by Gasteiger charge is -2.17. The zero-order chi connectivity index (χ0) is 20.8. The standard InChI is InChI=1S/C21H22N2O6/c1-27-17-8-6-16(7-9-17)23-12-14(10-20(23)25)21(26)29-13-19(24)22-15-4-3-5-18(11-15)28-2/h3-9,11,14H,10,12-13H2,1-2H3,(H,22,24)/t14-/m0/s1. The van der Waals surface area contributed by atoms with Crippen molar-refractivity contribution in [2.75, 3.05) is 37.6 Å². The normalized spacial score (nSPS) is 15.7. The summed E-state index contributed by atoms with van der Waals surface area (Å²) in [5.41, 5.74) is 1.22. The Balaban J connectivity index is 1.51. The van der Waals surface area contributed by atoms with Crippen LogP contribution in [0.3, 0.4) is 0 Å². The van der Waals surface area contributed by atoms with Gasteiger partial charge in [-0.3, -0.25) is 14.4 Å². The van der Waals surface area contributed by atoms with Crippen LogP contribution >= 0.6 is 0 Å². The Morgan fingerprint density at radius 2 is 1.79 bits per heavy atom. The second-order valence-corrected chi connectivity index (χ2v) is 6.49. The first-order valence-corrected chi connectivity index (χ1v) is 9.05. The lowest BCUT2D eigenvalue weighted by molar-refractivity contribution is -0.151. The molecule has 152 valence electrons. The maximum Gasteiger partial charge on any atom is 0.311 e. The number of methoxy groups -OCH3 is 2. The summed E-state index contributed by atoms with van der Waals surface area (Å²) >= 11 is 0. The molecular weight excluding hydrogens is 376 g/mol. The molecular formula is C21H22N2O6. The quantitative estimate of drug-likeness (QED) is 0.719. The molecule has 1 aliphatic rings. The number of ether oxygens (including phenoxy) is 3. The van der Waals surface area contributed by atoms with Crippen molar-refractivity contribution in [2.24, 2.45) is 5.92 Å². The van der Waals surface area contributed by atoms with Gasteiger partial charge in [-0.2, -0.15) is 0 Å². The van der Waals surface area contributed by atoms with Gasteiger partial charge in [-0.25, -0.2) is 0 Å². The Morgan fingerprint density at radius 1 is 1.07 bits per heavy atom. The molecule has 1 heterocycles. The van der Waals surface area contributed by atoms with Gasteiger partial charge in [-0.05, 0) is 36.4 Å². The maximum atomic E-state index is 12.3. The Hall–Kier alpha value is -3.55. The second kappa shape index (κ2) is 9.09. The molecule has 0 aliphatic carbocycles. The Kier molecular flexibility index (Phi) is 6.33. The van der Waals surface area contributed by atoms with E-state index in [0.29, 0.717) is 22.9 Å². The molecule has 8 heteroatoms. The van der Waals surface area contributed by atoms with E-state index in [9.17, 15) is 14.4 Å². The molecule has 0 spiro atoms. The number of hydrogen-bond acceptors (Lipinski definition) is 6. The summed E-state index contributed by atoms with van der Waals surface area (Å²) in [6, 6.07) is 13.8. The van der Waals surface area contributed by atoms with Crippen molar-refractivity contribution in [2.45, 2.75) is 6.42 Å². The van der Waals surface area contributed by atoms with Crippen LogP contribution in [0.4, 0.5) is 11.4 Å². The smallest absolute Gasteiger partial charge is 0.311 e. The van der Waals surface area contributed by atoms with Crippen LogP contribution in [0.2, 0.25) is 0 Å². The molecule has 29 heavy (non-hydrogen) atoms. The number of hydrogen-bond donors (Lipinski definition) is 1. The van der Waals surface area contributed by atoms with Gasteiger partial charge in [0.1, 0.15) is 11.5 Å². The fourth-order valence-electron chi connectivity index (χ4n) is 3.03. The third-order valence-corrected chi connectivity index (χ3v) is 4.54. The second-order valence-electron chi connectivity index (χ2n) is 6.49. The van der Waals surface area contributed by atoms with E-state index in [1.807, 2.05) is 0 Å². The van der Waals surface area contributed by atoms with E-state index in [-0.39, 0.29) is 18.9 Å². The predicted molar refractivity (Wildman–Crippen MR) is 106 cm³/mol. The van der Waals surface area contributed by atoms with Gasteiger partial charge in [0, 0.05) is 30.4 Å². The molecule has 1 aliphatic heterocycles. The molecule has 1 N–H and O–H groups in total. The van der Waals surface area contributed by atoms with E-state index in [2.05, 4.69) is 5.32 Å². The van der Waals surface area contributed by atoms with Crippen LogP contribution in [0.15, 0.2) is 48.5 Å². The number of esters is 1. The SMILES string of the molecule is COc1ccc(N2C[C@@H](C(=O)OCC(=O)Nc3cccc(OC)c3)CC2=O)cc1. The zero-order valence-corrected chi connectivity index (χ0v) is 16.2. The Labute approximate surface area is 168 Å².